The number of nitrogens with zero attached hydrogens (tertiary/aromatic N) is 1. The molecule has 1 aliphatic heterocycles. The van der Waals surface area contributed by atoms with Crippen LogP contribution in [0.2, 0.25) is 0 Å². The van der Waals surface area contributed by atoms with E-state index in [1.807, 2.05) is 48.5 Å². The Bertz CT molecular complexity index is 1270. The first kappa shape index (κ1) is 21.7. The summed E-state index contributed by atoms with van der Waals surface area (Å²) in [6.07, 6.45) is 6.13. The van der Waals surface area contributed by atoms with Crippen molar-refractivity contribution in [2.45, 2.75) is 31.2 Å². The van der Waals surface area contributed by atoms with E-state index in [1.54, 1.807) is 0 Å². The number of fused-ring (bicyclic) bond motifs is 3. The van der Waals surface area contributed by atoms with Crippen LogP contribution in [0.1, 0.15) is 41.5 Å². The third-order valence-electron chi connectivity index (χ3n) is 6.69. The van der Waals surface area contributed by atoms with E-state index in [9.17, 15) is 20.0 Å². The predicted octanol–water partition coefficient (Wildman–Crippen LogP) is 5.70. The molecule has 2 aliphatic rings. The fourth-order valence-electron chi connectivity index (χ4n) is 5.01. The molecule has 0 saturated heterocycles. The predicted molar refractivity (Wildman–Crippen MR) is 131 cm³/mol. The van der Waals surface area contributed by atoms with Gasteiger partial charge in [0.15, 0.2) is 0 Å². The molecule has 0 spiro atoms. The van der Waals surface area contributed by atoms with Gasteiger partial charge in [-0.3, -0.25) is 14.9 Å². The van der Waals surface area contributed by atoms with Gasteiger partial charge >= 0.3 is 0 Å². The molecular weight excluding hydrogens is 430 g/mol. The number of aryl methyl sites for hydroxylation is 1. The van der Waals surface area contributed by atoms with Crippen molar-refractivity contribution in [2.75, 3.05) is 10.6 Å². The quantitative estimate of drug-likeness (QED) is 0.251. The maximum Gasteiger partial charge on any atom is 0.270 e. The third-order valence-corrected chi connectivity index (χ3v) is 6.69. The lowest BCUT2D eigenvalue weighted by atomic mass is 9.76. The van der Waals surface area contributed by atoms with Crippen molar-refractivity contribution >= 4 is 23.0 Å². The summed E-state index contributed by atoms with van der Waals surface area (Å²) < 4.78 is 0. The van der Waals surface area contributed by atoms with Crippen LogP contribution in [-0.4, -0.2) is 15.9 Å². The first-order valence-electron chi connectivity index (χ1n) is 11.4. The smallest absolute Gasteiger partial charge is 0.270 e. The molecule has 3 atom stereocenters. The van der Waals surface area contributed by atoms with E-state index in [1.165, 1.54) is 18.2 Å². The van der Waals surface area contributed by atoms with Crippen molar-refractivity contribution in [1.82, 2.24) is 0 Å². The highest BCUT2D eigenvalue weighted by atomic mass is 16.6. The van der Waals surface area contributed by atoms with Crippen molar-refractivity contribution in [3.63, 3.8) is 0 Å². The van der Waals surface area contributed by atoms with Gasteiger partial charge in [-0.1, -0.05) is 42.5 Å². The number of allylic oxidation sites excluding steroid dienone is 2. The molecule has 3 N–H and O–H groups in total. The molecule has 3 aromatic rings. The van der Waals surface area contributed by atoms with Crippen molar-refractivity contribution in [3.05, 3.63) is 106 Å². The Kier molecular flexibility index (Phi) is 5.76. The molecule has 172 valence electrons. The highest BCUT2D eigenvalue weighted by Gasteiger charge is 2.39. The largest absolute Gasteiger partial charge is 0.508 e. The van der Waals surface area contributed by atoms with E-state index >= 15 is 0 Å². The summed E-state index contributed by atoms with van der Waals surface area (Å²) in [4.78, 5) is 23.4. The van der Waals surface area contributed by atoms with Gasteiger partial charge in [-0.25, -0.2) is 0 Å². The molecule has 0 saturated carbocycles. The number of phenols is 1. The molecular formula is C27H25N3O4. The topological polar surface area (TPSA) is 104 Å². The number of anilines is 2. The maximum atomic E-state index is 12.5. The number of amides is 1. The number of benzene rings is 3. The van der Waals surface area contributed by atoms with Gasteiger partial charge in [-0.05, 0) is 54.2 Å². The Labute approximate surface area is 197 Å². The SMILES string of the molecule is O=C(CCc1ccccc1)Nc1ccc2c(c1)C1C=CCC1C(c1cc([N+](=O)[O-])ccc1O)N2. The van der Waals surface area contributed by atoms with Crippen LogP contribution < -0.4 is 10.6 Å². The number of nitrogens with one attached hydrogen (secondary N) is 2. The zero-order valence-corrected chi connectivity index (χ0v) is 18.5. The van der Waals surface area contributed by atoms with E-state index in [0.717, 1.165) is 28.9 Å². The number of nitro benzene ring substituents is 1. The number of nitro groups is 1. The Morgan fingerprint density at radius 2 is 1.91 bits per heavy atom. The van der Waals surface area contributed by atoms with Crippen LogP contribution in [0.5, 0.6) is 5.75 Å². The first-order chi connectivity index (χ1) is 16.5. The summed E-state index contributed by atoms with van der Waals surface area (Å²) in [6, 6.07) is 19.6. The minimum atomic E-state index is -0.448. The fraction of sp³-hybridized carbons (Fsp3) is 0.222. The average molecular weight is 456 g/mol. The molecule has 1 aliphatic carbocycles. The average Bonchev–Trinajstić information content (AvgIpc) is 3.34. The Morgan fingerprint density at radius 3 is 2.71 bits per heavy atom. The molecule has 1 heterocycles. The summed E-state index contributed by atoms with van der Waals surface area (Å²) in [7, 11) is 0. The van der Waals surface area contributed by atoms with Gasteiger partial charge in [0.1, 0.15) is 5.75 Å². The van der Waals surface area contributed by atoms with E-state index < -0.39 is 4.92 Å². The molecule has 3 unspecified atom stereocenters. The van der Waals surface area contributed by atoms with Gasteiger partial charge in [0.05, 0.1) is 11.0 Å². The summed E-state index contributed by atoms with van der Waals surface area (Å²) in [5.74, 6) is 0.190. The van der Waals surface area contributed by atoms with Crippen LogP contribution in [0.15, 0.2) is 78.9 Å². The van der Waals surface area contributed by atoms with Crippen LogP contribution in [0.25, 0.3) is 0 Å². The lowest BCUT2D eigenvalue weighted by Gasteiger charge is -2.37. The van der Waals surface area contributed by atoms with Gasteiger partial charge < -0.3 is 15.7 Å². The lowest BCUT2D eigenvalue weighted by molar-refractivity contribution is -0.385. The number of aromatic hydroxyl groups is 1. The maximum absolute atomic E-state index is 12.5. The second kappa shape index (κ2) is 9.02. The highest BCUT2D eigenvalue weighted by Crippen LogP contribution is 2.51. The number of rotatable bonds is 6. The van der Waals surface area contributed by atoms with Gasteiger partial charge in [-0.2, -0.15) is 0 Å². The zero-order chi connectivity index (χ0) is 23.7. The Morgan fingerprint density at radius 1 is 1.09 bits per heavy atom. The molecule has 5 rings (SSSR count). The Balaban J connectivity index is 1.36. The van der Waals surface area contributed by atoms with Gasteiger partial charge in [0, 0.05) is 41.4 Å². The minimum Gasteiger partial charge on any atom is -0.508 e. The number of non-ortho nitro benzene ring substituents is 1. The molecule has 3 aromatic carbocycles. The Hall–Kier alpha value is -4.13. The van der Waals surface area contributed by atoms with Gasteiger partial charge in [0.2, 0.25) is 5.91 Å². The zero-order valence-electron chi connectivity index (χ0n) is 18.5. The van der Waals surface area contributed by atoms with Crippen LogP contribution in [-0.2, 0) is 11.2 Å². The van der Waals surface area contributed by atoms with Crippen molar-refractivity contribution in [3.8, 4) is 5.75 Å². The van der Waals surface area contributed by atoms with Crippen molar-refractivity contribution in [2.24, 2.45) is 5.92 Å². The van der Waals surface area contributed by atoms with Crippen molar-refractivity contribution < 1.29 is 14.8 Å². The van der Waals surface area contributed by atoms with Gasteiger partial charge in [0.25, 0.3) is 5.69 Å². The van der Waals surface area contributed by atoms with Crippen LogP contribution in [0.3, 0.4) is 0 Å². The molecule has 1 amide bonds. The van der Waals surface area contributed by atoms with E-state index in [-0.39, 0.29) is 35.2 Å². The van der Waals surface area contributed by atoms with Crippen molar-refractivity contribution in [1.29, 1.82) is 0 Å². The summed E-state index contributed by atoms with van der Waals surface area (Å²) in [5, 5.41) is 28.3. The molecule has 0 aromatic heterocycles. The molecule has 0 bridgehead atoms. The minimum absolute atomic E-state index is 0.0366. The first-order valence-corrected chi connectivity index (χ1v) is 11.4. The lowest BCUT2D eigenvalue weighted by Crippen LogP contribution is -2.29. The van der Waals surface area contributed by atoms with E-state index in [4.69, 9.17) is 0 Å². The summed E-state index contributed by atoms with van der Waals surface area (Å²) in [6.45, 7) is 0. The fourth-order valence-corrected chi connectivity index (χ4v) is 5.01. The number of phenolic OH excluding ortho intramolecular Hbond substituents is 1. The normalized spacial score (nSPS) is 20.2. The molecule has 34 heavy (non-hydrogen) atoms. The number of carbonyl (C=O) groups excluding carboxylic acids is 1. The summed E-state index contributed by atoms with van der Waals surface area (Å²) in [5.41, 5.74) is 4.32. The number of carbonyl (C=O) groups is 1. The second-order valence-corrected chi connectivity index (χ2v) is 8.81. The molecule has 0 fully saturated rings. The van der Waals surface area contributed by atoms with Gasteiger partial charge in [-0.15, -0.1) is 0 Å². The van der Waals surface area contributed by atoms with Crippen LogP contribution in [0, 0.1) is 16.0 Å². The van der Waals surface area contributed by atoms with E-state index in [0.29, 0.717) is 18.4 Å². The third kappa shape index (κ3) is 4.24. The molecule has 0 radical (unpaired) electrons. The van der Waals surface area contributed by atoms with Crippen LogP contribution >= 0.6 is 0 Å². The second-order valence-electron chi connectivity index (χ2n) is 8.81. The van der Waals surface area contributed by atoms with E-state index in [2.05, 4.69) is 22.8 Å². The monoisotopic (exact) mass is 455 g/mol. The standard InChI is InChI=1S/C27H25N3O4/c31-25-13-11-19(30(33)34)16-23(25)27-21-8-4-7-20(21)22-15-18(10-12-24(22)29-27)28-26(32)14-9-17-5-2-1-3-6-17/h1-7,10-13,15-16,20-21,27,29,31H,8-9,14H2,(H,28,32). The van der Waals surface area contributed by atoms with Crippen LogP contribution in [0.4, 0.5) is 17.1 Å². The highest BCUT2D eigenvalue weighted by molar-refractivity contribution is 5.91. The number of hydrogen-bond acceptors (Lipinski definition) is 5. The number of hydrogen-bond donors (Lipinski definition) is 3. The summed E-state index contributed by atoms with van der Waals surface area (Å²) >= 11 is 0. The molecule has 7 nitrogen and oxygen atoms in total. The molecule has 7 heteroatoms.